The summed E-state index contributed by atoms with van der Waals surface area (Å²) in [6, 6.07) is 14.0. The van der Waals surface area contributed by atoms with Crippen molar-refractivity contribution in [3.05, 3.63) is 48.5 Å². The summed E-state index contributed by atoms with van der Waals surface area (Å²) >= 11 is 0. The van der Waals surface area contributed by atoms with Crippen LogP contribution < -0.4 is 19.1 Å². The van der Waals surface area contributed by atoms with Crippen LogP contribution in [0.4, 0.5) is 5.69 Å². The van der Waals surface area contributed by atoms with Crippen LogP contribution in [0.1, 0.15) is 26.2 Å². The number of benzene rings is 2. The molecule has 0 aromatic heterocycles. The monoisotopic (exact) mass is 369 g/mol. The summed E-state index contributed by atoms with van der Waals surface area (Å²) in [5, 5.41) is 0. The first kappa shape index (κ1) is 18.8. The van der Waals surface area contributed by atoms with Crippen LogP contribution >= 0.6 is 0 Å². The Morgan fingerprint density at radius 3 is 2.22 bits per heavy atom. The van der Waals surface area contributed by atoms with Gasteiger partial charge < -0.3 is 19.1 Å². The fraction of sp³-hybridized carbons (Fsp3) is 0.333. The molecule has 3 rings (SSSR count). The van der Waals surface area contributed by atoms with Crippen LogP contribution in [0.5, 0.6) is 17.2 Å². The minimum atomic E-state index is -0.490. The third-order valence-electron chi connectivity index (χ3n) is 4.11. The molecule has 1 amide bonds. The smallest absolute Gasteiger partial charge is 0.349 e. The molecule has 27 heavy (non-hydrogen) atoms. The van der Waals surface area contributed by atoms with Gasteiger partial charge in [-0.1, -0.05) is 6.92 Å². The average molecular weight is 369 g/mol. The molecule has 1 fully saturated rings. The first-order valence-electron chi connectivity index (χ1n) is 9.12. The number of esters is 1. The van der Waals surface area contributed by atoms with Gasteiger partial charge in [0.15, 0.2) is 6.61 Å². The quantitative estimate of drug-likeness (QED) is 0.526. The summed E-state index contributed by atoms with van der Waals surface area (Å²) < 4.78 is 16.2. The average Bonchev–Trinajstić information content (AvgIpc) is 3.12. The molecule has 1 aliphatic rings. The van der Waals surface area contributed by atoms with E-state index in [4.69, 9.17) is 14.2 Å². The van der Waals surface area contributed by atoms with E-state index in [9.17, 15) is 9.59 Å². The number of amides is 1. The normalized spacial score (nSPS) is 13.5. The molecule has 2 aromatic rings. The largest absolute Gasteiger partial charge is 0.494 e. The van der Waals surface area contributed by atoms with Gasteiger partial charge in [-0.2, -0.15) is 0 Å². The fourth-order valence-electron chi connectivity index (χ4n) is 2.77. The van der Waals surface area contributed by atoms with Crippen LogP contribution in [0.2, 0.25) is 0 Å². The standard InChI is InChI=1S/C21H23NO5/c1-2-14-25-17-9-11-19(12-10-17)27-21(24)15-26-18-7-5-16(6-8-18)22-13-3-4-20(22)23/h5-12H,2-4,13-15H2,1H3. The molecule has 0 saturated carbocycles. The van der Waals surface area contributed by atoms with E-state index in [2.05, 4.69) is 0 Å². The van der Waals surface area contributed by atoms with Gasteiger partial charge in [-0.25, -0.2) is 4.79 Å². The molecule has 142 valence electrons. The van der Waals surface area contributed by atoms with E-state index in [1.54, 1.807) is 41.3 Å². The number of carbonyl (C=O) groups is 2. The van der Waals surface area contributed by atoms with Crippen LogP contribution in [0.15, 0.2) is 48.5 Å². The molecule has 0 unspecified atom stereocenters. The Bertz CT molecular complexity index is 770. The lowest BCUT2D eigenvalue weighted by atomic mass is 10.3. The number of ether oxygens (including phenoxy) is 3. The number of hydrogen-bond acceptors (Lipinski definition) is 5. The summed E-state index contributed by atoms with van der Waals surface area (Å²) in [6.45, 7) is 3.23. The molecule has 1 heterocycles. The zero-order valence-electron chi connectivity index (χ0n) is 15.3. The highest BCUT2D eigenvalue weighted by atomic mass is 16.6. The van der Waals surface area contributed by atoms with Crippen molar-refractivity contribution in [1.82, 2.24) is 0 Å². The molecular formula is C21H23NO5. The Balaban J connectivity index is 1.46. The van der Waals surface area contributed by atoms with Gasteiger partial charge in [0.05, 0.1) is 6.61 Å². The van der Waals surface area contributed by atoms with Gasteiger partial charge in [0, 0.05) is 18.7 Å². The van der Waals surface area contributed by atoms with Gasteiger partial charge in [0.2, 0.25) is 5.91 Å². The topological polar surface area (TPSA) is 65.1 Å². The van der Waals surface area contributed by atoms with E-state index >= 15 is 0 Å². The van der Waals surface area contributed by atoms with E-state index in [1.165, 1.54) is 0 Å². The Morgan fingerprint density at radius 2 is 1.59 bits per heavy atom. The highest BCUT2D eigenvalue weighted by Gasteiger charge is 2.21. The van der Waals surface area contributed by atoms with Gasteiger partial charge in [0.25, 0.3) is 0 Å². The van der Waals surface area contributed by atoms with Crippen molar-refractivity contribution in [3.63, 3.8) is 0 Å². The maximum atomic E-state index is 11.9. The molecule has 6 nitrogen and oxygen atoms in total. The molecule has 0 aliphatic carbocycles. The maximum Gasteiger partial charge on any atom is 0.349 e. The van der Waals surface area contributed by atoms with Crippen molar-refractivity contribution in [2.45, 2.75) is 26.2 Å². The summed E-state index contributed by atoms with van der Waals surface area (Å²) in [6.07, 6.45) is 2.41. The fourth-order valence-corrected chi connectivity index (χ4v) is 2.77. The molecule has 0 N–H and O–H groups in total. The van der Waals surface area contributed by atoms with Gasteiger partial charge in [-0.3, -0.25) is 4.79 Å². The van der Waals surface area contributed by atoms with Crippen molar-refractivity contribution in [2.24, 2.45) is 0 Å². The van der Waals surface area contributed by atoms with E-state index in [0.717, 1.165) is 30.8 Å². The summed E-state index contributed by atoms with van der Waals surface area (Å²) in [5.74, 6) is 1.37. The Hall–Kier alpha value is -3.02. The van der Waals surface area contributed by atoms with E-state index < -0.39 is 5.97 Å². The van der Waals surface area contributed by atoms with Gasteiger partial charge in [-0.15, -0.1) is 0 Å². The van der Waals surface area contributed by atoms with E-state index in [0.29, 0.717) is 24.5 Å². The molecule has 1 saturated heterocycles. The predicted molar refractivity (Wildman–Crippen MR) is 101 cm³/mol. The zero-order chi connectivity index (χ0) is 19.1. The number of rotatable bonds is 8. The number of anilines is 1. The number of carbonyl (C=O) groups excluding carboxylic acids is 2. The SMILES string of the molecule is CCCOc1ccc(OC(=O)COc2ccc(N3CCCC3=O)cc2)cc1. The molecule has 2 aromatic carbocycles. The minimum Gasteiger partial charge on any atom is -0.494 e. The molecule has 1 aliphatic heterocycles. The minimum absolute atomic E-state index is 0.137. The molecular weight excluding hydrogens is 346 g/mol. The molecule has 6 heteroatoms. The molecule has 0 bridgehead atoms. The van der Waals surface area contributed by atoms with Gasteiger partial charge in [0.1, 0.15) is 17.2 Å². The Morgan fingerprint density at radius 1 is 0.963 bits per heavy atom. The van der Waals surface area contributed by atoms with Gasteiger partial charge in [-0.05, 0) is 61.4 Å². The number of nitrogens with zero attached hydrogens (tertiary/aromatic N) is 1. The predicted octanol–water partition coefficient (Wildman–Crippen LogP) is 3.59. The second-order valence-electron chi connectivity index (χ2n) is 6.23. The highest BCUT2D eigenvalue weighted by molar-refractivity contribution is 5.95. The van der Waals surface area contributed by atoms with Crippen molar-refractivity contribution < 1.29 is 23.8 Å². The van der Waals surface area contributed by atoms with Crippen molar-refractivity contribution in [1.29, 1.82) is 0 Å². The van der Waals surface area contributed by atoms with Crippen LogP contribution in [0.25, 0.3) is 0 Å². The van der Waals surface area contributed by atoms with Crippen LogP contribution in [-0.2, 0) is 9.59 Å². The summed E-state index contributed by atoms with van der Waals surface area (Å²) in [4.78, 5) is 25.4. The third kappa shape index (κ3) is 5.23. The lowest BCUT2D eigenvalue weighted by Gasteiger charge is -2.16. The van der Waals surface area contributed by atoms with E-state index in [-0.39, 0.29) is 12.5 Å². The second kappa shape index (κ2) is 9.07. The number of hydrogen-bond donors (Lipinski definition) is 0. The highest BCUT2D eigenvalue weighted by Crippen LogP contribution is 2.24. The lowest BCUT2D eigenvalue weighted by Crippen LogP contribution is -2.23. The van der Waals surface area contributed by atoms with Crippen molar-refractivity contribution in [2.75, 3.05) is 24.7 Å². The van der Waals surface area contributed by atoms with Crippen LogP contribution in [-0.4, -0.2) is 31.6 Å². The maximum absolute atomic E-state index is 11.9. The second-order valence-corrected chi connectivity index (χ2v) is 6.23. The summed E-state index contributed by atoms with van der Waals surface area (Å²) in [7, 11) is 0. The van der Waals surface area contributed by atoms with Crippen molar-refractivity contribution in [3.8, 4) is 17.2 Å². The van der Waals surface area contributed by atoms with Gasteiger partial charge >= 0.3 is 5.97 Å². The molecule has 0 atom stereocenters. The van der Waals surface area contributed by atoms with Crippen LogP contribution in [0.3, 0.4) is 0 Å². The molecule has 0 spiro atoms. The molecule has 0 radical (unpaired) electrons. The Kier molecular flexibility index (Phi) is 6.30. The summed E-state index contributed by atoms with van der Waals surface area (Å²) in [5.41, 5.74) is 0.845. The first-order chi connectivity index (χ1) is 13.2. The van der Waals surface area contributed by atoms with Crippen molar-refractivity contribution >= 4 is 17.6 Å². The first-order valence-corrected chi connectivity index (χ1v) is 9.12. The van der Waals surface area contributed by atoms with Crippen LogP contribution in [0, 0.1) is 0 Å². The van der Waals surface area contributed by atoms with E-state index in [1.807, 2.05) is 19.1 Å². The zero-order valence-corrected chi connectivity index (χ0v) is 15.3. The Labute approximate surface area is 158 Å². The lowest BCUT2D eigenvalue weighted by molar-refractivity contribution is -0.136. The third-order valence-corrected chi connectivity index (χ3v) is 4.11.